The smallest absolute Gasteiger partial charge is 0.268 e. The highest BCUT2D eigenvalue weighted by Gasteiger charge is 2.32. The van der Waals surface area contributed by atoms with Crippen LogP contribution in [0.5, 0.6) is 0 Å². The van der Waals surface area contributed by atoms with Crippen molar-refractivity contribution in [3.05, 3.63) is 82.3 Å². The van der Waals surface area contributed by atoms with E-state index in [9.17, 15) is 43.9 Å². The van der Waals surface area contributed by atoms with Crippen molar-refractivity contribution in [2.24, 2.45) is 0 Å². The lowest BCUT2D eigenvalue weighted by Crippen LogP contribution is -2.23. The van der Waals surface area contributed by atoms with E-state index in [1.165, 1.54) is 6.92 Å². The highest BCUT2D eigenvalue weighted by atomic mass is 32.2. The predicted octanol–water partition coefficient (Wildman–Crippen LogP) is 5.42. The fraction of sp³-hybridized carbons (Fsp3) is 0.174. The molecule has 0 aliphatic heterocycles. The summed E-state index contributed by atoms with van der Waals surface area (Å²) in [5, 5.41) is -0.461. The Morgan fingerprint density at radius 3 is 2.11 bits per heavy atom. The van der Waals surface area contributed by atoms with Gasteiger partial charge in [-0.05, 0) is 36.4 Å². The van der Waals surface area contributed by atoms with Gasteiger partial charge in [0.1, 0.15) is 17.0 Å². The van der Waals surface area contributed by atoms with E-state index in [4.69, 9.17) is 0 Å². The zero-order valence-corrected chi connectivity index (χ0v) is 19.3. The number of fused-ring (bicyclic) bond motifs is 1. The molecule has 0 atom stereocenters. The molecule has 6 nitrogen and oxygen atoms in total. The lowest BCUT2D eigenvalue weighted by molar-refractivity contribution is -0.138. The number of halogens is 7. The van der Waals surface area contributed by atoms with Gasteiger partial charge >= 0.3 is 12.4 Å². The maximum absolute atomic E-state index is 14.5. The number of nitrogens with zero attached hydrogens (tertiary/aromatic N) is 3. The first kappa shape index (κ1) is 26.3. The van der Waals surface area contributed by atoms with Gasteiger partial charge in [0.2, 0.25) is 0 Å². The predicted molar refractivity (Wildman–Crippen MR) is 118 cm³/mol. The number of alkyl halides is 6. The van der Waals surface area contributed by atoms with Crippen LogP contribution in [0.15, 0.2) is 64.7 Å². The molecule has 0 unspecified atom stereocenters. The average molecular weight is 545 g/mol. The summed E-state index contributed by atoms with van der Waals surface area (Å²) in [5.41, 5.74) is -4.12. The molecule has 2 aromatic carbocycles. The molecule has 0 spiro atoms. The molecule has 0 N–H and O–H groups in total. The quantitative estimate of drug-likeness (QED) is 0.320. The summed E-state index contributed by atoms with van der Waals surface area (Å²) in [4.78, 5) is 20.3. The van der Waals surface area contributed by atoms with E-state index in [2.05, 4.69) is 9.97 Å². The Kier molecular flexibility index (Phi) is 6.34. The number of aromatic nitrogens is 3. The summed E-state index contributed by atoms with van der Waals surface area (Å²) in [5.74, 6) is -2.32. The minimum absolute atomic E-state index is 0.0856. The first-order chi connectivity index (χ1) is 17.1. The zero-order chi connectivity index (χ0) is 27.3. The van der Waals surface area contributed by atoms with Gasteiger partial charge in [0.25, 0.3) is 5.56 Å². The third-order valence-corrected chi connectivity index (χ3v) is 7.20. The second kappa shape index (κ2) is 8.94. The second-order valence-electron chi connectivity index (χ2n) is 7.79. The van der Waals surface area contributed by atoms with Crippen LogP contribution in [0.1, 0.15) is 18.1 Å². The first-order valence-electron chi connectivity index (χ1n) is 10.3. The van der Waals surface area contributed by atoms with Crippen molar-refractivity contribution >= 4 is 20.7 Å². The molecule has 0 bridgehead atoms. The van der Waals surface area contributed by atoms with E-state index in [0.29, 0.717) is 16.7 Å². The molecule has 0 saturated heterocycles. The number of rotatable bonds is 4. The molecule has 0 saturated carbocycles. The van der Waals surface area contributed by atoms with E-state index >= 15 is 0 Å². The van der Waals surface area contributed by atoms with Crippen LogP contribution in [0.4, 0.5) is 30.7 Å². The van der Waals surface area contributed by atoms with Crippen LogP contribution in [-0.4, -0.2) is 28.7 Å². The Hall–Kier alpha value is -3.81. The first-order valence-corrected chi connectivity index (χ1v) is 12.0. The normalized spacial score (nSPS) is 12.8. The van der Waals surface area contributed by atoms with Gasteiger partial charge in [0, 0.05) is 17.3 Å². The minimum atomic E-state index is -4.81. The number of hydrogen-bond acceptors (Lipinski definition) is 5. The van der Waals surface area contributed by atoms with Crippen LogP contribution in [0, 0.1) is 5.82 Å². The van der Waals surface area contributed by atoms with Gasteiger partial charge in [-0.2, -0.15) is 26.3 Å². The van der Waals surface area contributed by atoms with Crippen LogP contribution in [-0.2, 0) is 22.2 Å². The highest BCUT2D eigenvalue weighted by Crippen LogP contribution is 2.34. The van der Waals surface area contributed by atoms with E-state index < -0.39 is 72.1 Å². The second-order valence-corrected chi connectivity index (χ2v) is 10.0. The third-order valence-electron chi connectivity index (χ3n) is 5.47. The van der Waals surface area contributed by atoms with Crippen molar-refractivity contribution in [1.82, 2.24) is 14.5 Å². The summed E-state index contributed by atoms with van der Waals surface area (Å²) < 4.78 is 119. The molecular formula is C23H14F7N3O3S. The van der Waals surface area contributed by atoms with Gasteiger partial charge in [-0.25, -0.2) is 27.3 Å². The van der Waals surface area contributed by atoms with Gasteiger partial charge in [-0.1, -0.05) is 13.0 Å². The van der Waals surface area contributed by atoms with Crippen LogP contribution >= 0.6 is 0 Å². The molecule has 0 fully saturated rings. The SMILES string of the molecule is CCS(=O)(=O)c1cc(-c2ccc(C(F)(F)F)cc2F)cnc1-n1cnc2ccc(C(F)(F)F)cc2c1=O. The fourth-order valence-corrected chi connectivity index (χ4v) is 4.57. The Balaban J connectivity index is 1.94. The number of hydrogen-bond donors (Lipinski definition) is 0. The highest BCUT2D eigenvalue weighted by molar-refractivity contribution is 7.91. The van der Waals surface area contributed by atoms with Crippen LogP contribution in [0.3, 0.4) is 0 Å². The monoisotopic (exact) mass is 545 g/mol. The standard InChI is InChI=1S/C23H14F7N3O3S/c1-2-37(35,36)19-7-12(15-5-3-14(9-17(15)24)23(28,29)30)10-31-20(19)33-11-32-18-6-4-13(22(25,26)27)8-16(18)21(33)34/h3-11H,2H2,1H3. The van der Waals surface area contributed by atoms with Crippen LogP contribution in [0.2, 0.25) is 0 Å². The maximum Gasteiger partial charge on any atom is 0.416 e. The van der Waals surface area contributed by atoms with Gasteiger partial charge in [-0.3, -0.25) is 4.79 Å². The number of sulfone groups is 1. The van der Waals surface area contributed by atoms with E-state index in [0.717, 1.165) is 36.8 Å². The van der Waals surface area contributed by atoms with Crippen molar-refractivity contribution in [1.29, 1.82) is 0 Å². The van der Waals surface area contributed by atoms with Crippen LogP contribution in [0.25, 0.3) is 27.8 Å². The van der Waals surface area contributed by atoms with Crippen molar-refractivity contribution in [3.63, 3.8) is 0 Å². The maximum atomic E-state index is 14.5. The van der Waals surface area contributed by atoms with Crippen molar-refractivity contribution in [3.8, 4) is 16.9 Å². The van der Waals surface area contributed by atoms with E-state index in [-0.39, 0.29) is 17.1 Å². The van der Waals surface area contributed by atoms with Gasteiger partial charge in [0.05, 0.1) is 27.8 Å². The topological polar surface area (TPSA) is 81.9 Å². The lowest BCUT2D eigenvalue weighted by Gasteiger charge is -2.14. The molecular weight excluding hydrogens is 531 g/mol. The van der Waals surface area contributed by atoms with Gasteiger partial charge in [-0.15, -0.1) is 0 Å². The number of benzene rings is 2. The molecule has 4 aromatic rings. The molecule has 0 radical (unpaired) electrons. The van der Waals surface area contributed by atoms with Gasteiger partial charge < -0.3 is 0 Å². The van der Waals surface area contributed by atoms with E-state index in [1.54, 1.807) is 0 Å². The molecule has 0 amide bonds. The zero-order valence-electron chi connectivity index (χ0n) is 18.5. The summed E-state index contributed by atoms with van der Waals surface area (Å²) >= 11 is 0. The van der Waals surface area contributed by atoms with Crippen molar-refractivity contribution in [2.45, 2.75) is 24.2 Å². The Bertz CT molecular complexity index is 1700. The summed E-state index contributed by atoms with van der Waals surface area (Å²) in [6.45, 7) is 1.27. The van der Waals surface area contributed by atoms with Crippen LogP contribution < -0.4 is 5.56 Å². The Morgan fingerprint density at radius 1 is 0.892 bits per heavy atom. The molecule has 2 aromatic heterocycles. The van der Waals surface area contributed by atoms with Gasteiger partial charge in [0.15, 0.2) is 15.7 Å². The summed E-state index contributed by atoms with van der Waals surface area (Å²) in [6.07, 6.45) is -7.76. The Labute approximate surface area is 204 Å². The molecule has 2 heterocycles. The molecule has 0 aliphatic carbocycles. The molecule has 4 rings (SSSR count). The molecule has 37 heavy (non-hydrogen) atoms. The minimum Gasteiger partial charge on any atom is -0.268 e. The fourth-order valence-electron chi connectivity index (χ4n) is 3.52. The molecule has 14 heteroatoms. The lowest BCUT2D eigenvalue weighted by atomic mass is 10.0. The Morgan fingerprint density at radius 2 is 1.51 bits per heavy atom. The summed E-state index contributed by atoms with van der Waals surface area (Å²) in [6, 6.07) is 4.87. The van der Waals surface area contributed by atoms with Crippen molar-refractivity contribution < 1.29 is 39.2 Å². The average Bonchev–Trinajstić information content (AvgIpc) is 2.83. The molecule has 194 valence electrons. The molecule has 0 aliphatic rings. The number of pyridine rings is 1. The van der Waals surface area contributed by atoms with E-state index in [1.807, 2.05) is 0 Å². The van der Waals surface area contributed by atoms with Crippen molar-refractivity contribution in [2.75, 3.05) is 5.75 Å². The largest absolute Gasteiger partial charge is 0.416 e. The summed E-state index contributed by atoms with van der Waals surface area (Å²) in [7, 11) is -4.19. The third kappa shape index (κ3) is 4.92.